The number of benzene rings is 3. The fourth-order valence-electron chi connectivity index (χ4n) is 3.92. The Morgan fingerprint density at radius 2 is 1.51 bits per heavy atom. The summed E-state index contributed by atoms with van der Waals surface area (Å²) in [5.41, 5.74) is 2.36. The monoisotopic (exact) mass is 536 g/mol. The van der Waals surface area contributed by atoms with Gasteiger partial charge in [0, 0.05) is 6.54 Å². The lowest BCUT2D eigenvalue weighted by Crippen LogP contribution is -2.51. The van der Waals surface area contributed by atoms with Crippen LogP contribution in [-0.2, 0) is 29.0 Å². The van der Waals surface area contributed by atoms with Crippen LogP contribution in [0.25, 0.3) is 0 Å². The molecule has 0 spiro atoms. The molecule has 3 aromatic carbocycles. The van der Waals surface area contributed by atoms with Gasteiger partial charge in [0.2, 0.25) is 11.8 Å². The van der Waals surface area contributed by atoms with Crippen molar-refractivity contribution < 1.29 is 28.2 Å². The lowest BCUT2D eigenvalue weighted by molar-refractivity contribution is -0.123. The number of halogens is 1. The molecular weight excluding hydrogens is 503 g/mol. The highest BCUT2D eigenvalue weighted by Gasteiger charge is 2.21. The number of ether oxygens (including phenoxy) is 3. The average molecular weight is 537 g/mol. The molecule has 0 aliphatic carbocycles. The zero-order chi connectivity index (χ0) is 28.2. The summed E-state index contributed by atoms with van der Waals surface area (Å²) in [6, 6.07) is 18.3. The summed E-state index contributed by atoms with van der Waals surface area (Å²) in [7, 11) is 4.40. The van der Waals surface area contributed by atoms with Crippen molar-refractivity contribution in [3.63, 3.8) is 0 Å². The first-order valence-corrected chi connectivity index (χ1v) is 12.3. The molecule has 0 aromatic heterocycles. The molecule has 10 heteroatoms. The number of amides is 2. The fourth-order valence-corrected chi connectivity index (χ4v) is 3.92. The molecule has 206 valence electrons. The Morgan fingerprint density at radius 3 is 2.21 bits per heavy atom. The van der Waals surface area contributed by atoms with Crippen molar-refractivity contribution in [3.05, 3.63) is 89.2 Å². The van der Waals surface area contributed by atoms with Gasteiger partial charge >= 0.3 is 0 Å². The second-order valence-electron chi connectivity index (χ2n) is 8.70. The highest BCUT2D eigenvalue weighted by atomic mass is 19.1. The van der Waals surface area contributed by atoms with Crippen LogP contribution < -0.4 is 30.2 Å². The van der Waals surface area contributed by atoms with Gasteiger partial charge in [-0.1, -0.05) is 42.5 Å². The Morgan fingerprint density at radius 1 is 0.846 bits per heavy atom. The zero-order valence-electron chi connectivity index (χ0n) is 22.2. The van der Waals surface area contributed by atoms with E-state index in [4.69, 9.17) is 19.6 Å². The van der Waals surface area contributed by atoms with E-state index in [0.29, 0.717) is 35.5 Å². The largest absolute Gasteiger partial charge is 0.494 e. The third kappa shape index (κ3) is 8.74. The number of rotatable bonds is 12. The number of guanidine groups is 1. The minimum atomic E-state index is -0.804. The molecule has 0 saturated heterocycles. The normalized spacial score (nSPS) is 11.2. The summed E-state index contributed by atoms with van der Waals surface area (Å²) < 4.78 is 29.2. The van der Waals surface area contributed by atoms with Gasteiger partial charge in [-0.15, -0.1) is 0 Å². The van der Waals surface area contributed by atoms with Crippen molar-refractivity contribution in [2.24, 2.45) is 0 Å². The third-order valence-corrected chi connectivity index (χ3v) is 5.96. The van der Waals surface area contributed by atoms with Crippen LogP contribution >= 0.6 is 0 Å². The molecule has 0 aliphatic heterocycles. The van der Waals surface area contributed by atoms with Crippen LogP contribution in [0.2, 0.25) is 0 Å². The van der Waals surface area contributed by atoms with E-state index >= 15 is 0 Å². The lowest BCUT2D eigenvalue weighted by Gasteiger charge is -2.20. The molecule has 3 aromatic rings. The molecule has 3 rings (SSSR count). The van der Waals surface area contributed by atoms with Gasteiger partial charge in [-0.3, -0.25) is 20.3 Å². The van der Waals surface area contributed by atoms with Gasteiger partial charge in [-0.25, -0.2) is 4.39 Å². The van der Waals surface area contributed by atoms with E-state index in [-0.39, 0.29) is 30.6 Å². The quantitative estimate of drug-likeness (QED) is 0.208. The van der Waals surface area contributed by atoms with Crippen molar-refractivity contribution in [1.82, 2.24) is 16.0 Å². The Hall–Kier alpha value is -4.60. The van der Waals surface area contributed by atoms with Crippen molar-refractivity contribution in [1.29, 1.82) is 5.41 Å². The molecule has 0 heterocycles. The predicted octanol–water partition coefficient (Wildman–Crippen LogP) is 3.35. The van der Waals surface area contributed by atoms with Gasteiger partial charge in [0.05, 0.1) is 27.8 Å². The number of carbonyl (C=O) groups excluding carboxylic acids is 2. The molecule has 0 unspecified atom stereocenters. The van der Waals surface area contributed by atoms with E-state index in [2.05, 4.69) is 16.0 Å². The zero-order valence-corrected chi connectivity index (χ0v) is 22.2. The van der Waals surface area contributed by atoms with E-state index in [1.165, 1.54) is 33.5 Å². The molecule has 2 amide bonds. The third-order valence-electron chi connectivity index (χ3n) is 5.96. The first-order valence-electron chi connectivity index (χ1n) is 12.3. The lowest BCUT2D eigenvalue weighted by atomic mass is 10.0. The van der Waals surface area contributed by atoms with Crippen LogP contribution in [0.1, 0.15) is 23.1 Å². The van der Waals surface area contributed by atoms with E-state index in [1.54, 1.807) is 24.3 Å². The molecule has 0 fully saturated rings. The topological polar surface area (TPSA) is 122 Å². The van der Waals surface area contributed by atoms with Gasteiger partial charge in [-0.2, -0.15) is 0 Å². The first-order chi connectivity index (χ1) is 18.8. The van der Waals surface area contributed by atoms with Crippen molar-refractivity contribution >= 4 is 17.8 Å². The van der Waals surface area contributed by atoms with Crippen LogP contribution in [0.3, 0.4) is 0 Å². The maximum atomic E-state index is 13.7. The summed E-state index contributed by atoms with van der Waals surface area (Å²) in [6.45, 7) is 0.137. The number of hydrogen-bond donors (Lipinski definition) is 4. The Labute approximate surface area is 227 Å². The number of hydrogen-bond acceptors (Lipinski definition) is 6. The van der Waals surface area contributed by atoms with Crippen molar-refractivity contribution in [3.8, 4) is 17.2 Å². The van der Waals surface area contributed by atoms with Crippen LogP contribution in [0.5, 0.6) is 17.2 Å². The molecular formula is C29H33FN4O5. The number of carbonyl (C=O) groups is 2. The van der Waals surface area contributed by atoms with Crippen LogP contribution in [0, 0.1) is 11.2 Å². The van der Waals surface area contributed by atoms with E-state index < -0.39 is 17.8 Å². The molecule has 0 aliphatic rings. The Bertz CT molecular complexity index is 1290. The van der Waals surface area contributed by atoms with E-state index in [9.17, 15) is 14.0 Å². The van der Waals surface area contributed by atoms with Gasteiger partial charge in [0.25, 0.3) is 0 Å². The minimum Gasteiger partial charge on any atom is -0.494 e. The molecule has 0 saturated carbocycles. The van der Waals surface area contributed by atoms with Gasteiger partial charge in [-0.05, 0) is 53.8 Å². The predicted molar refractivity (Wildman–Crippen MR) is 146 cm³/mol. The highest BCUT2D eigenvalue weighted by Crippen LogP contribution is 2.27. The Balaban J connectivity index is 1.63. The maximum Gasteiger partial charge on any atom is 0.242 e. The average Bonchev–Trinajstić information content (AvgIpc) is 2.94. The van der Waals surface area contributed by atoms with Gasteiger partial charge in [0.1, 0.15) is 6.04 Å². The van der Waals surface area contributed by atoms with Gasteiger partial charge in [0.15, 0.2) is 29.0 Å². The highest BCUT2D eigenvalue weighted by molar-refractivity contribution is 5.98. The summed E-state index contributed by atoms with van der Waals surface area (Å²) in [5, 5.41) is 16.4. The summed E-state index contributed by atoms with van der Waals surface area (Å²) >= 11 is 0. The number of aryl methyl sites for hydroxylation is 1. The van der Waals surface area contributed by atoms with E-state index in [0.717, 1.165) is 5.56 Å². The second kappa shape index (κ2) is 14.4. The smallest absolute Gasteiger partial charge is 0.242 e. The summed E-state index contributed by atoms with van der Waals surface area (Å²) in [4.78, 5) is 25.7. The van der Waals surface area contributed by atoms with Crippen molar-refractivity contribution in [2.75, 3.05) is 21.3 Å². The second-order valence-corrected chi connectivity index (χ2v) is 8.70. The number of nitrogens with one attached hydrogen (secondary N) is 4. The minimum absolute atomic E-state index is 0.00229. The SMILES string of the molecule is COc1cc(CNC(=O)[C@@H](CCc2ccccc2)NC(=N)NC(=O)Cc2ccc(OC)c(OC)c2)ccc1F. The number of methoxy groups -OCH3 is 3. The fraction of sp³-hybridized carbons (Fsp3) is 0.276. The Kier molecular flexibility index (Phi) is 10.7. The summed E-state index contributed by atoms with van der Waals surface area (Å²) in [6.07, 6.45) is 0.942. The molecule has 9 nitrogen and oxygen atoms in total. The standard InChI is InChI=1S/C29H33FN4O5/c1-37-24-14-11-20(15-26(24)39-3)17-27(35)34-29(31)33-23(13-10-19-7-5-4-6-8-19)28(36)32-18-21-9-12-22(30)25(16-21)38-2/h4-9,11-12,14-16,23H,10,13,17-18H2,1-3H3,(H,32,36)(H3,31,33,34,35)/t23-/m1/s1. The van der Waals surface area contributed by atoms with Crippen LogP contribution in [0.4, 0.5) is 4.39 Å². The van der Waals surface area contributed by atoms with Crippen LogP contribution in [-0.4, -0.2) is 45.1 Å². The van der Waals surface area contributed by atoms with E-state index in [1.807, 2.05) is 30.3 Å². The van der Waals surface area contributed by atoms with Crippen LogP contribution in [0.15, 0.2) is 66.7 Å². The van der Waals surface area contributed by atoms with Crippen molar-refractivity contribution in [2.45, 2.75) is 31.8 Å². The van der Waals surface area contributed by atoms with Gasteiger partial charge < -0.3 is 24.8 Å². The first kappa shape index (κ1) is 29.0. The molecule has 4 N–H and O–H groups in total. The molecule has 1 atom stereocenters. The maximum absolute atomic E-state index is 13.7. The summed E-state index contributed by atoms with van der Waals surface area (Å²) in [5.74, 6) is -0.466. The molecule has 0 bridgehead atoms. The molecule has 39 heavy (non-hydrogen) atoms. The molecule has 0 radical (unpaired) electrons.